The minimum Gasteiger partial charge on any atom is -0.383 e. The van der Waals surface area contributed by atoms with Crippen molar-refractivity contribution in [2.75, 3.05) is 26.5 Å². The molecule has 1 aromatic carbocycles. The van der Waals surface area contributed by atoms with Gasteiger partial charge in [0.1, 0.15) is 0 Å². The van der Waals surface area contributed by atoms with Crippen molar-refractivity contribution >= 4 is 35.3 Å². The maximum Gasteiger partial charge on any atom is 0.321 e. The van der Waals surface area contributed by atoms with Gasteiger partial charge in [-0.05, 0) is 24.3 Å². The molecule has 1 heterocycles. The van der Waals surface area contributed by atoms with Gasteiger partial charge in [0.05, 0.1) is 18.9 Å². The Labute approximate surface area is 154 Å². The Bertz CT molecular complexity index is 735. The Morgan fingerprint density at radius 1 is 1.28 bits per heavy atom. The van der Waals surface area contributed by atoms with Gasteiger partial charge in [-0.2, -0.15) is 0 Å². The number of methoxy groups -OCH3 is 1. The SMILES string of the molecule is CNC(=O)NC(=O)CSc1nnc(-c2ccc(Cl)cc2)n1CCOC. The molecular weight excluding hydrogens is 366 g/mol. The Morgan fingerprint density at radius 2 is 2.00 bits per heavy atom. The molecule has 0 atom stereocenters. The zero-order valence-electron chi connectivity index (χ0n) is 13.8. The summed E-state index contributed by atoms with van der Waals surface area (Å²) in [5.41, 5.74) is 0.856. The van der Waals surface area contributed by atoms with Crippen LogP contribution in [0.15, 0.2) is 29.4 Å². The van der Waals surface area contributed by atoms with Crippen LogP contribution in [0, 0.1) is 0 Å². The highest BCUT2D eigenvalue weighted by Gasteiger charge is 2.16. The van der Waals surface area contributed by atoms with Crippen molar-refractivity contribution in [3.05, 3.63) is 29.3 Å². The molecule has 0 aliphatic heterocycles. The topological polar surface area (TPSA) is 98.1 Å². The first-order chi connectivity index (χ1) is 12.0. The van der Waals surface area contributed by atoms with E-state index in [9.17, 15) is 9.59 Å². The third-order valence-corrected chi connectivity index (χ3v) is 4.37. The van der Waals surface area contributed by atoms with E-state index in [-0.39, 0.29) is 5.75 Å². The molecule has 0 unspecified atom stereocenters. The van der Waals surface area contributed by atoms with Crippen LogP contribution in [0.4, 0.5) is 4.79 Å². The fraction of sp³-hybridized carbons (Fsp3) is 0.333. The van der Waals surface area contributed by atoms with Crippen LogP contribution in [0.5, 0.6) is 0 Å². The molecule has 0 aliphatic rings. The summed E-state index contributed by atoms with van der Waals surface area (Å²) in [4.78, 5) is 22.9. The number of urea groups is 1. The van der Waals surface area contributed by atoms with E-state index in [2.05, 4.69) is 20.8 Å². The van der Waals surface area contributed by atoms with Gasteiger partial charge in [-0.25, -0.2) is 4.79 Å². The van der Waals surface area contributed by atoms with Gasteiger partial charge >= 0.3 is 6.03 Å². The van der Waals surface area contributed by atoms with Crippen LogP contribution in [-0.4, -0.2) is 53.2 Å². The Kier molecular flexibility index (Phi) is 7.23. The van der Waals surface area contributed by atoms with Crippen LogP contribution >= 0.6 is 23.4 Å². The van der Waals surface area contributed by atoms with Crippen LogP contribution in [0.3, 0.4) is 0 Å². The van der Waals surface area contributed by atoms with Gasteiger partial charge in [0.25, 0.3) is 0 Å². The first-order valence-electron chi connectivity index (χ1n) is 7.37. The first kappa shape index (κ1) is 19.2. The summed E-state index contributed by atoms with van der Waals surface area (Å²) in [6.07, 6.45) is 0. The summed E-state index contributed by atoms with van der Waals surface area (Å²) in [7, 11) is 3.05. The zero-order chi connectivity index (χ0) is 18.2. The lowest BCUT2D eigenvalue weighted by Gasteiger charge is -2.09. The molecule has 0 radical (unpaired) electrons. The van der Waals surface area contributed by atoms with Gasteiger partial charge in [0.2, 0.25) is 5.91 Å². The molecule has 2 rings (SSSR count). The highest BCUT2D eigenvalue weighted by Crippen LogP contribution is 2.25. The van der Waals surface area contributed by atoms with Crippen LogP contribution in [-0.2, 0) is 16.1 Å². The smallest absolute Gasteiger partial charge is 0.321 e. The molecule has 3 amide bonds. The Balaban J connectivity index is 2.16. The summed E-state index contributed by atoms with van der Waals surface area (Å²) < 4.78 is 7.00. The minimum atomic E-state index is -0.548. The molecule has 10 heteroatoms. The van der Waals surface area contributed by atoms with E-state index in [1.165, 1.54) is 18.8 Å². The van der Waals surface area contributed by atoms with E-state index in [0.717, 1.165) is 5.56 Å². The second-order valence-corrected chi connectivity index (χ2v) is 6.25. The lowest BCUT2D eigenvalue weighted by Crippen LogP contribution is -2.38. The Morgan fingerprint density at radius 3 is 2.64 bits per heavy atom. The number of halogens is 1. The number of amides is 3. The number of benzene rings is 1. The van der Waals surface area contributed by atoms with Crippen LogP contribution in [0.2, 0.25) is 5.02 Å². The Hall–Kier alpha value is -2.10. The predicted molar refractivity (Wildman–Crippen MR) is 95.7 cm³/mol. The van der Waals surface area contributed by atoms with E-state index in [1.54, 1.807) is 19.2 Å². The predicted octanol–water partition coefficient (Wildman–Crippen LogP) is 1.79. The summed E-state index contributed by atoms with van der Waals surface area (Å²) in [6, 6.07) is 6.70. The molecule has 8 nitrogen and oxygen atoms in total. The molecule has 25 heavy (non-hydrogen) atoms. The quantitative estimate of drug-likeness (QED) is 0.707. The standard InChI is InChI=1S/C15H18ClN5O3S/c1-17-14(23)18-12(22)9-25-15-20-19-13(21(15)7-8-24-2)10-3-5-11(16)6-4-10/h3-6H,7-9H2,1-2H3,(H2,17,18,22,23). The monoisotopic (exact) mass is 383 g/mol. The van der Waals surface area contributed by atoms with E-state index in [1.807, 2.05) is 16.7 Å². The van der Waals surface area contributed by atoms with E-state index in [4.69, 9.17) is 16.3 Å². The molecule has 0 bridgehead atoms. The number of hydrogen-bond acceptors (Lipinski definition) is 6. The van der Waals surface area contributed by atoms with Crippen LogP contribution in [0.25, 0.3) is 11.4 Å². The minimum absolute atomic E-state index is 0.0408. The van der Waals surface area contributed by atoms with Gasteiger partial charge in [-0.3, -0.25) is 14.7 Å². The van der Waals surface area contributed by atoms with E-state index < -0.39 is 11.9 Å². The third kappa shape index (κ3) is 5.45. The second kappa shape index (κ2) is 9.40. The van der Waals surface area contributed by atoms with Crippen molar-refractivity contribution in [3.8, 4) is 11.4 Å². The molecule has 0 fully saturated rings. The molecule has 1 aromatic heterocycles. The fourth-order valence-electron chi connectivity index (χ4n) is 1.95. The molecule has 0 spiro atoms. The molecule has 0 saturated carbocycles. The van der Waals surface area contributed by atoms with E-state index in [0.29, 0.717) is 29.2 Å². The number of imide groups is 1. The first-order valence-corrected chi connectivity index (χ1v) is 8.74. The van der Waals surface area contributed by atoms with Gasteiger partial charge < -0.3 is 10.1 Å². The maximum absolute atomic E-state index is 11.7. The zero-order valence-corrected chi connectivity index (χ0v) is 15.4. The molecule has 0 aliphatic carbocycles. The number of nitrogens with zero attached hydrogens (tertiary/aromatic N) is 3. The normalized spacial score (nSPS) is 10.5. The molecule has 2 N–H and O–H groups in total. The van der Waals surface area contributed by atoms with Crippen molar-refractivity contribution in [2.45, 2.75) is 11.7 Å². The average molecular weight is 384 g/mol. The number of hydrogen-bond donors (Lipinski definition) is 2. The summed E-state index contributed by atoms with van der Waals surface area (Å²) in [6.45, 7) is 0.998. The number of carbonyl (C=O) groups is 2. The van der Waals surface area contributed by atoms with Gasteiger partial charge in [0, 0.05) is 24.7 Å². The molecule has 134 valence electrons. The summed E-state index contributed by atoms with van der Waals surface area (Å²) in [5.74, 6) is 0.278. The van der Waals surface area contributed by atoms with Gasteiger partial charge in [-0.1, -0.05) is 23.4 Å². The fourth-order valence-corrected chi connectivity index (χ4v) is 2.84. The number of carbonyl (C=O) groups excluding carboxylic acids is 2. The number of ether oxygens (including phenoxy) is 1. The van der Waals surface area contributed by atoms with Crippen molar-refractivity contribution in [1.82, 2.24) is 25.4 Å². The number of nitrogens with one attached hydrogen (secondary N) is 2. The lowest BCUT2D eigenvalue weighted by atomic mass is 10.2. The number of aromatic nitrogens is 3. The second-order valence-electron chi connectivity index (χ2n) is 4.87. The van der Waals surface area contributed by atoms with E-state index >= 15 is 0 Å². The molecule has 2 aromatic rings. The van der Waals surface area contributed by atoms with Crippen LogP contribution in [0.1, 0.15) is 0 Å². The maximum atomic E-state index is 11.7. The number of rotatable bonds is 7. The molecule has 0 saturated heterocycles. The number of thioether (sulfide) groups is 1. The van der Waals surface area contributed by atoms with Crippen molar-refractivity contribution < 1.29 is 14.3 Å². The van der Waals surface area contributed by atoms with Crippen molar-refractivity contribution in [3.63, 3.8) is 0 Å². The van der Waals surface area contributed by atoms with Gasteiger partial charge in [0.15, 0.2) is 11.0 Å². The highest BCUT2D eigenvalue weighted by molar-refractivity contribution is 7.99. The van der Waals surface area contributed by atoms with Crippen LogP contribution < -0.4 is 10.6 Å². The van der Waals surface area contributed by atoms with Gasteiger partial charge in [-0.15, -0.1) is 10.2 Å². The summed E-state index contributed by atoms with van der Waals surface area (Å²) in [5, 5.41) is 14.1. The van der Waals surface area contributed by atoms with Crippen molar-refractivity contribution in [2.24, 2.45) is 0 Å². The average Bonchev–Trinajstić information content (AvgIpc) is 3.01. The highest BCUT2D eigenvalue weighted by atomic mass is 35.5. The summed E-state index contributed by atoms with van der Waals surface area (Å²) >= 11 is 7.11. The lowest BCUT2D eigenvalue weighted by molar-refractivity contribution is -0.117. The van der Waals surface area contributed by atoms with Crippen molar-refractivity contribution in [1.29, 1.82) is 0 Å². The molecular formula is C15H18ClN5O3S. The third-order valence-electron chi connectivity index (χ3n) is 3.15. The largest absolute Gasteiger partial charge is 0.383 e.